The van der Waals surface area contributed by atoms with E-state index in [2.05, 4.69) is 17.5 Å². The van der Waals surface area contributed by atoms with Crippen LogP contribution in [0.3, 0.4) is 0 Å². The lowest BCUT2D eigenvalue weighted by molar-refractivity contribution is -0.121. The van der Waals surface area contributed by atoms with Gasteiger partial charge >= 0.3 is 0 Å². The van der Waals surface area contributed by atoms with Crippen LogP contribution in [0.15, 0.2) is 29.4 Å². The number of rotatable bonds is 9. The number of hydrazone groups is 1. The molecular weight excluding hydrogens is 318 g/mol. The molecule has 0 spiro atoms. The number of benzene rings is 1. The number of fused-ring (bicyclic) bond motifs is 1. The molecule has 0 saturated carbocycles. The Kier molecular flexibility index (Phi) is 6.86. The minimum Gasteiger partial charge on any atom is -0.273 e. The van der Waals surface area contributed by atoms with E-state index in [1.807, 2.05) is 0 Å². The number of carbonyl (C=O) groups is 3. The number of nitrogens with zero attached hydrogens (tertiary/aromatic N) is 2. The van der Waals surface area contributed by atoms with Gasteiger partial charge in [-0.25, -0.2) is 5.43 Å². The van der Waals surface area contributed by atoms with Crippen molar-refractivity contribution >= 4 is 23.4 Å². The van der Waals surface area contributed by atoms with Crippen molar-refractivity contribution < 1.29 is 14.4 Å². The highest BCUT2D eigenvalue weighted by molar-refractivity contribution is 6.22. The van der Waals surface area contributed by atoms with Crippen LogP contribution >= 0.6 is 0 Å². The zero-order valence-corrected chi connectivity index (χ0v) is 14.9. The van der Waals surface area contributed by atoms with Crippen LogP contribution in [0, 0.1) is 0 Å². The second-order valence-corrected chi connectivity index (χ2v) is 6.29. The lowest BCUT2D eigenvalue weighted by Gasteiger charge is -2.13. The molecule has 0 fully saturated rings. The Morgan fingerprint density at radius 3 is 2.24 bits per heavy atom. The number of hydrogen-bond donors (Lipinski definition) is 1. The van der Waals surface area contributed by atoms with Gasteiger partial charge in [-0.05, 0) is 25.5 Å². The van der Waals surface area contributed by atoms with Gasteiger partial charge in [0.05, 0.1) is 23.4 Å². The lowest BCUT2D eigenvalue weighted by Crippen LogP contribution is -2.35. The van der Waals surface area contributed by atoms with Crippen molar-refractivity contribution in [1.82, 2.24) is 10.3 Å². The fourth-order valence-electron chi connectivity index (χ4n) is 2.75. The SMILES string of the molecule is CCCCCCCC(=O)NN=C(C)CN1C(=O)c2ccccc2C1=O. The molecule has 1 aliphatic rings. The first-order valence-electron chi connectivity index (χ1n) is 8.81. The highest BCUT2D eigenvalue weighted by Crippen LogP contribution is 2.22. The van der Waals surface area contributed by atoms with Crippen molar-refractivity contribution in [2.24, 2.45) is 5.10 Å². The fraction of sp³-hybridized carbons (Fsp3) is 0.474. The van der Waals surface area contributed by atoms with Crippen LogP contribution in [0.2, 0.25) is 0 Å². The third kappa shape index (κ3) is 4.98. The van der Waals surface area contributed by atoms with Crippen molar-refractivity contribution in [2.45, 2.75) is 52.4 Å². The number of amides is 3. The predicted octanol–water partition coefficient (Wildman–Crippen LogP) is 3.14. The maximum atomic E-state index is 12.3. The Morgan fingerprint density at radius 2 is 1.64 bits per heavy atom. The van der Waals surface area contributed by atoms with E-state index in [4.69, 9.17) is 0 Å². The van der Waals surface area contributed by atoms with Crippen LogP contribution in [0.5, 0.6) is 0 Å². The molecule has 25 heavy (non-hydrogen) atoms. The van der Waals surface area contributed by atoms with E-state index < -0.39 is 0 Å². The van der Waals surface area contributed by atoms with Gasteiger partial charge in [0, 0.05) is 6.42 Å². The summed E-state index contributed by atoms with van der Waals surface area (Å²) in [6.07, 6.45) is 5.84. The predicted molar refractivity (Wildman–Crippen MR) is 96.4 cm³/mol. The van der Waals surface area contributed by atoms with Gasteiger partial charge in [-0.2, -0.15) is 5.10 Å². The lowest BCUT2D eigenvalue weighted by atomic mass is 10.1. The molecule has 1 N–H and O–H groups in total. The molecule has 1 aromatic rings. The number of nitrogens with one attached hydrogen (secondary N) is 1. The smallest absolute Gasteiger partial charge is 0.261 e. The van der Waals surface area contributed by atoms with Gasteiger partial charge in [0.2, 0.25) is 5.91 Å². The van der Waals surface area contributed by atoms with Crippen LogP contribution in [0.4, 0.5) is 0 Å². The Balaban J connectivity index is 1.81. The molecule has 0 atom stereocenters. The highest BCUT2D eigenvalue weighted by Gasteiger charge is 2.35. The maximum Gasteiger partial charge on any atom is 0.261 e. The summed E-state index contributed by atoms with van der Waals surface area (Å²) < 4.78 is 0. The summed E-state index contributed by atoms with van der Waals surface area (Å²) in [5.41, 5.74) is 3.83. The van der Waals surface area contributed by atoms with Crippen LogP contribution in [-0.4, -0.2) is 34.9 Å². The summed E-state index contributed by atoms with van der Waals surface area (Å²) in [7, 11) is 0. The van der Waals surface area contributed by atoms with Crippen LogP contribution in [0.1, 0.15) is 73.1 Å². The van der Waals surface area contributed by atoms with Gasteiger partial charge in [0.15, 0.2) is 0 Å². The summed E-state index contributed by atoms with van der Waals surface area (Å²) in [5.74, 6) is -0.784. The molecule has 6 heteroatoms. The first kappa shape index (κ1) is 18.8. The Hall–Kier alpha value is -2.50. The molecule has 134 valence electrons. The zero-order chi connectivity index (χ0) is 18.2. The topological polar surface area (TPSA) is 78.8 Å². The van der Waals surface area contributed by atoms with E-state index in [1.54, 1.807) is 31.2 Å². The largest absolute Gasteiger partial charge is 0.273 e. The first-order chi connectivity index (χ1) is 12.0. The number of imide groups is 1. The number of hydrogen-bond acceptors (Lipinski definition) is 4. The van der Waals surface area contributed by atoms with Crippen molar-refractivity contribution in [3.05, 3.63) is 35.4 Å². The zero-order valence-electron chi connectivity index (χ0n) is 14.9. The minimum atomic E-state index is -0.322. The molecule has 0 radical (unpaired) electrons. The molecule has 0 bridgehead atoms. The molecule has 2 rings (SSSR count). The average Bonchev–Trinajstić information content (AvgIpc) is 2.85. The third-order valence-electron chi connectivity index (χ3n) is 4.14. The molecule has 1 aromatic carbocycles. The van der Waals surface area contributed by atoms with E-state index in [1.165, 1.54) is 12.8 Å². The molecule has 1 aliphatic heterocycles. The van der Waals surface area contributed by atoms with E-state index in [9.17, 15) is 14.4 Å². The molecule has 0 unspecified atom stereocenters. The number of carbonyl (C=O) groups excluding carboxylic acids is 3. The highest BCUT2D eigenvalue weighted by atomic mass is 16.2. The van der Waals surface area contributed by atoms with Crippen LogP contribution in [0.25, 0.3) is 0 Å². The second-order valence-electron chi connectivity index (χ2n) is 6.29. The van der Waals surface area contributed by atoms with Crippen molar-refractivity contribution in [3.63, 3.8) is 0 Å². The molecule has 0 saturated heterocycles. The molecule has 1 heterocycles. The summed E-state index contributed by atoms with van der Waals surface area (Å²) in [6.45, 7) is 3.91. The molecule has 3 amide bonds. The number of unbranched alkanes of at least 4 members (excludes halogenated alkanes) is 4. The normalized spacial score (nSPS) is 14.0. The average molecular weight is 343 g/mol. The maximum absolute atomic E-state index is 12.3. The van der Waals surface area contributed by atoms with Crippen molar-refractivity contribution in [1.29, 1.82) is 0 Å². The summed E-state index contributed by atoms with van der Waals surface area (Å²) in [4.78, 5) is 37.5. The Labute approximate surface area is 148 Å². The molecule has 0 aliphatic carbocycles. The monoisotopic (exact) mass is 343 g/mol. The van der Waals surface area contributed by atoms with Gasteiger partial charge in [-0.3, -0.25) is 19.3 Å². The summed E-state index contributed by atoms with van der Waals surface area (Å²) in [5, 5.41) is 4.01. The van der Waals surface area contributed by atoms with E-state index in [0.29, 0.717) is 23.3 Å². The van der Waals surface area contributed by atoms with E-state index >= 15 is 0 Å². The van der Waals surface area contributed by atoms with Crippen molar-refractivity contribution in [2.75, 3.05) is 6.54 Å². The van der Waals surface area contributed by atoms with E-state index in [-0.39, 0.29) is 24.3 Å². The van der Waals surface area contributed by atoms with Gasteiger partial charge < -0.3 is 0 Å². The van der Waals surface area contributed by atoms with Crippen LogP contribution < -0.4 is 5.43 Å². The quantitative estimate of drug-likeness (QED) is 0.324. The van der Waals surface area contributed by atoms with Crippen molar-refractivity contribution in [3.8, 4) is 0 Å². The first-order valence-corrected chi connectivity index (χ1v) is 8.81. The molecule has 0 aromatic heterocycles. The van der Waals surface area contributed by atoms with Crippen LogP contribution in [-0.2, 0) is 4.79 Å². The van der Waals surface area contributed by atoms with E-state index in [0.717, 1.165) is 24.2 Å². The summed E-state index contributed by atoms with van der Waals surface area (Å²) >= 11 is 0. The molecule has 6 nitrogen and oxygen atoms in total. The minimum absolute atomic E-state index is 0.0725. The Morgan fingerprint density at radius 1 is 1.04 bits per heavy atom. The van der Waals surface area contributed by atoms with Gasteiger partial charge in [-0.1, -0.05) is 44.7 Å². The van der Waals surface area contributed by atoms with Gasteiger partial charge in [0.25, 0.3) is 11.8 Å². The molecular formula is C19H25N3O3. The van der Waals surface area contributed by atoms with Gasteiger partial charge in [-0.15, -0.1) is 0 Å². The second kappa shape index (κ2) is 9.11. The Bertz CT molecular complexity index is 647. The fourth-order valence-corrected chi connectivity index (χ4v) is 2.75. The van der Waals surface area contributed by atoms with Gasteiger partial charge in [0.1, 0.15) is 0 Å². The summed E-state index contributed by atoms with van der Waals surface area (Å²) in [6, 6.07) is 6.75. The standard InChI is InChI=1S/C19H25N3O3/c1-3-4-5-6-7-12-17(23)21-20-14(2)13-22-18(24)15-10-8-9-11-16(15)19(22)25/h8-11H,3-7,12-13H2,1-2H3,(H,21,23). The third-order valence-corrected chi connectivity index (χ3v) is 4.14.